The number of fused-ring (bicyclic) bond motifs is 1. The van der Waals surface area contributed by atoms with Gasteiger partial charge in [-0.15, -0.1) is 0 Å². The molecule has 6 nitrogen and oxygen atoms in total. The molecule has 0 aromatic heterocycles. The van der Waals surface area contributed by atoms with E-state index < -0.39 is 57.8 Å². The van der Waals surface area contributed by atoms with Crippen LogP contribution in [0.5, 0.6) is 0 Å². The number of alkyl halides is 3. The summed E-state index contributed by atoms with van der Waals surface area (Å²) in [5, 5.41) is 0. The van der Waals surface area contributed by atoms with Crippen LogP contribution in [-0.4, -0.2) is 49.7 Å². The van der Waals surface area contributed by atoms with Crippen molar-refractivity contribution in [3.63, 3.8) is 0 Å². The Morgan fingerprint density at radius 3 is 2.65 bits per heavy atom. The molecule has 0 saturated carbocycles. The van der Waals surface area contributed by atoms with E-state index in [9.17, 15) is 26.4 Å². The number of hydrogen-bond acceptors (Lipinski definition) is 6. The topological polar surface area (TPSA) is 78.9 Å². The van der Waals surface area contributed by atoms with E-state index in [-0.39, 0.29) is 0 Å². The number of rotatable bonds is 2. The van der Waals surface area contributed by atoms with Crippen molar-refractivity contribution in [1.82, 2.24) is 0 Å². The van der Waals surface area contributed by atoms with Crippen molar-refractivity contribution in [3.8, 4) is 0 Å². The van der Waals surface area contributed by atoms with Gasteiger partial charge in [-0.2, -0.15) is 21.6 Å². The molecule has 0 aromatic rings. The van der Waals surface area contributed by atoms with Gasteiger partial charge >= 0.3 is 12.1 Å². The molecule has 0 radical (unpaired) electrons. The minimum Gasteiger partial charge on any atom is -0.453 e. The lowest BCUT2D eigenvalue weighted by Crippen LogP contribution is -2.57. The Labute approximate surface area is 111 Å². The van der Waals surface area contributed by atoms with E-state index in [0.717, 1.165) is 6.08 Å². The van der Waals surface area contributed by atoms with Crippen molar-refractivity contribution in [2.24, 2.45) is 0 Å². The van der Waals surface area contributed by atoms with Crippen LogP contribution in [-0.2, 0) is 28.6 Å². The average Bonchev–Trinajstić information content (AvgIpc) is 2.89. The number of hydrogen-bond donors (Lipinski definition) is 0. The minimum atomic E-state index is -5.02. The summed E-state index contributed by atoms with van der Waals surface area (Å²) in [5.74, 6) is -0.878. The van der Waals surface area contributed by atoms with Gasteiger partial charge in [-0.3, -0.25) is 4.18 Å². The molecule has 0 N–H and O–H groups in total. The molecule has 3 saturated heterocycles. The number of carbonyl (C=O) groups excluding carboxylic acids is 1. The molecule has 3 heterocycles. The Bertz CT molecular complexity index is 584. The molecule has 3 rings (SSSR count). The van der Waals surface area contributed by atoms with E-state index in [2.05, 4.69) is 10.8 Å². The molecule has 5 unspecified atom stereocenters. The summed E-state index contributed by atoms with van der Waals surface area (Å²) < 4.78 is 74.5. The standard InChI is InChI=1S/C10H9F3O6S/c1-2-5(14)18-6-4-3-9(10(11,12)13)8(17-4)7(6)19-20(9,15)16/h2,4,6-8H,1,3H2. The van der Waals surface area contributed by atoms with Crippen molar-refractivity contribution in [2.45, 2.75) is 41.8 Å². The monoisotopic (exact) mass is 314 g/mol. The van der Waals surface area contributed by atoms with Gasteiger partial charge in [-0.05, 0) is 0 Å². The minimum absolute atomic E-state index is 0.826. The van der Waals surface area contributed by atoms with Gasteiger partial charge in [-0.25, -0.2) is 4.79 Å². The van der Waals surface area contributed by atoms with Crippen LogP contribution in [0.4, 0.5) is 13.2 Å². The zero-order chi connectivity index (χ0) is 14.9. The molecule has 0 spiro atoms. The Morgan fingerprint density at radius 2 is 2.10 bits per heavy atom. The molecule has 3 aliphatic rings. The van der Waals surface area contributed by atoms with Gasteiger partial charge in [0.15, 0.2) is 6.10 Å². The molecule has 112 valence electrons. The van der Waals surface area contributed by atoms with Crippen LogP contribution in [0.1, 0.15) is 6.42 Å². The first kappa shape index (κ1) is 13.8. The van der Waals surface area contributed by atoms with E-state index in [1.165, 1.54) is 0 Å². The molecule has 0 aliphatic carbocycles. The van der Waals surface area contributed by atoms with Crippen LogP contribution >= 0.6 is 0 Å². The van der Waals surface area contributed by atoms with Crippen LogP contribution in [0.2, 0.25) is 0 Å². The van der Waals surface area contributed by atoms with Crippen LogP contribution < -0.4 is 0 Å². The number of carbonyl (C=O) groups is 1. The summed E-state index contributed by atoms with van der Waals surface area (Å²) in [4.78, 5) is 11.1. The fourth-order valence-corrected chi connectivity index (χ4v) is 4.81. The zero-order valence-corrected chi connectivity index (χ0v) is 10.6. The largest absolute Gasteiger partial charge is 0.453 e. The highest BCUT2D eigenvalue weighted by atomic mass is 32.2. The van der Waals surface area contributed by atoms with Crippen molar-refractivity contribution in [3.05, 3.63) is 12.7 Å². The van der Waals surface area contributed by atoms with Gasteiger partial charge in [0, 0.05) is 12.5 Å². The number of ether oxygens (including phenoxy) is 2. The maximum atomic E-state index is 13.2. The average molecular weight is 314 g/mol. The lowest BCUT2D eigenvalue weighted by molar-refractivity contribution is -0.174. The van der Waals surface area contributed by atoms with E-state index in [1.807, 2.05) is 0 Å². The van der Waals surface area contributed by atoms with Crippen molar-refractivity contribution >= 4 is 16.1 Å². The van der Waals surface area contributed by atoms with E-state index in [1.54, 1.807) is 0 Å². The third-order valence-electron chi connectivity index (χ3n) is 3.86. The summed E-state index contributed by atoms with van der Waals surface area (Å²) in [6.07, 6.45) is -10.6. The smallest absolute Gasteiger partial charge is 0.413 e. The predicted molar refractivity (Wildman–Crippen MR) is 55.9 cm³/mol. The highest BCUT2D eigenvalue weighted by molar-refractivity contribution is 7.88. The fourth-order valence-electron chi connectivity index (χ4n) is 3.01. The van der Waals surface area contributed by atoms with Gasteiger partial charge in [0.05, 0.1) is 6.10 Å². The molecule has 5 atom stereocenters. The van der Waals surface area contributed by atoms with Gasteiger partial charge in [0.1, 0.15) is 12.2 Å². The molecular weight excluding hydrogens is 305 g/mol. The lowest BCUT2D eigenvalue weighted by Gasteiger charge is -2.30. The summed E-state index contributed by atoms with van der Waals surface area (Å²) >= 11 is 0. The second kappa shape index (κ2) is 3.74. The van der Waals surface area contributed by atoms with Gasteiger partial charge in [0.25, 0.3) is 10.1 Å². The zero-order valence-electron chi connectivity index (χ0n) is 9.79. The highest BCUT2D eigenvalue weighted by Gasteiger charge is 2.84. The summed E-state index contributed by atoms with van der Waals surface area (Å²) in [6.45, 7) is 3.15. The fraction of sp³-hybridized carbons (Fsp3) is 0.700. The second-order valence-corrected chi connectivity index (χ2v) is 6.64. The van der Waals surface area contributed by atoms with Crippen LogP contribution in [0.15, 0.2) is 12.7 Å². The molecule has 2 bridgehead atoms. The first-order valence-corrected chi connectivity index (χ1v) is 7.03. The molecule has 3 aliphatic heterocycles. The van der Waals surface area contributed by atoms with Crippen molar-refractivity contribution in [2.75, 3.05) is 0 Å². The van der Waals surface area contributed by atoms with E-state index in [0.29, 0.717) is 0 Å². The van der Waals surface area contributed by atoms with Gasteiger partial charge in [0.2, 0.25) is 4.75 Å². The van der Waals surface area contributed by atoms with Gasteiger partial charge in [-0.1, -0.05) is 6.58 Å². The Morgan fingerprint density at radius 1 is 1.45 bits per heavy atom. The molecule has 10 heteroatoms. The van der Waals surface area contributed by atoms with Crippen LogP contribution in [0.3, 0.4) is 0 Å². The quantitative estimate of drug-likeness (QED) is 0.414. The van der Waals surface area contributed by atoms with Crippen LogP contribution in [0.25, 0.3) is 0 Å². The van der Waals surface area contributed by atoms with Crippen molar-refractivity contribution in [1.29, 1.82) is 0 Å². The third kappa shape index (κ3) is 1.41. The first-order valence-electron chi connectivity index (χ1n) is 5.62. The predicted octanol–water partition coefficient (Wildman–Crippen LogP) is 0.285. The Kier molecular flexibility index (Phi) is 2.59. The van der Waals surface area contributed by atoms with E-state index >= 15 is 0 Å². The SMILES string of the molecule is C=CC(=O)OC1C2CC3(C(F)(F)F)C(O2)C1OS3(=O)=O. The second-order valence-electron chi connectivity index (χ2n) is 4.81. The molecule has 0 amide bonds. The number of halogens is 3. The number of esters is 1. The molecule has 3 fully saturated rings. The summed E-state index contributed by atoms with van der Waals surface area (Å²) in [5.41, 5.74) is 0. The first-order chi connectivity index (χ1) is 9.14. The third-order valence-corrected chi connectivity index (χ3v) is 5.85. The molecule has 0 aromatic carbocycles. The summed E-state index contributed by atoms with van der Waals surface area (Å²) in [6, 6.07) is 0. The lowest BCUT2D eigenvalue weighted by atomic mass is 9.84. The van der Waals surface area contributed by atoms with E-state index in [4.69, 9.17) is 9.47 Å². The Balaban J connectivity index is 2.00. The molecule has 20 heavy (non-hydrogen) atoms. The summed E-state index contributed by atoms with van der Waals surface area (Å²) in [7, 11) is -4.89. The maximum absolute atomic E-state index is 13.2. The Hall–Kier alpha value is -1.13. The maximum Gasteiger partial charge on any atom is 0.413 e. The highest BCUT2D eigenvalue weighted by Crippen LogP contribution is 2.60. The van der Waals surface area contributed by atoms with Crippen molar-refractivity contribution < 1.29 is 40.0 Å². The normalized spacial score (nSPS) is 44.5. The van der Waals surface area contributed by atoms with Crippen LogP contribution in [0, 0.1) is 0 Å². The molecular formula is C10H9F3O6S. The van der Waals surface area contributed by atoms with Gasteiger partial charge < -0.3 is 9.47 Å².